The molecule has 1 amide bonds. The zero-order valence-electron chi connectivity index (χ0n) is 16.0. The summed E-state index contributed by atoms with van der Waals surface area (Å²) in [7, 11) is 1.68. The molecule has 30 heavy (non-hydrogen) atoms. The summed E-state index contributed by atoms with van der Waals surface area (Å²) in [6, 6.07) is 19.8. The lowest BCUT2D eigenvalue weighted by molar-refractivity contribution is -0.118. The number of pyridine rings is 1. The van der Waals surface area contributed by atoms with Crippen LogP contribution in [0, 0.1) is 0 Å². The van der Waals surface area contributed by atoms with Crippen LogP contribution in [0.25, 0.3) is 22.8 Å². The van der Waals surface area contributed by atoms with E-state index in [0.717, 1.165) is 15.7 Å². The summed E-state index contributed by atoms with van der Waals surface area (Å²) >= 11 is 3.39. The minimum Gasteiger partial charge on any atom is -0.334 e. The standard InChI is InChI=1S/C22H17BrN4O3/c1-26(18-5-3-2-4-6-18)20(29)14-27-13-16(9-12-19(27)28)22-24-21(25-30-22)15-7-10-17(23)11-8-15/h2-13H,14H2,1H3. The second-order valence-electron chi connectivity index (χ2n) is 6.60. The van der Waals surface area contributed by atoms with Crippen LogP contribution in [0.4, 0.5) is 5.69 Å². The lowest BCUT2D eigenvalue weighted by Gasteiger charge is -2.18. The molecule has 2 aromatic heterocycles. The van der Waals surface area contributed by atoms with Crippen molar-refractivity contribution in [3.8, 4) is 22.8 Å². The highest BCUT2D eigenvalue weighted by atomic mass is 79.9. The Labute approximate surface area is 180 Å². The van der Waals surface area contributed by atoms with Gasteiger partial charge >= 0.3 is 0 Å². The molecule has 8 heteroatoms. The highest BCUT2D eigenvalue weighted by molar-refractivity contribution is 9.10. The molecule has 7 nitrogen and oxygen atoms in total. The van der Waals surface area contributed by atoms with Crippen LogP contribution in [0.2, 0.25) is 0 Å². The van der Waals surface area contributed by atoms with Crippen molar-refractivity contribution in [1.29, 1.82) is 0 Å². The molecule has 0 N–H and O–H groups in total. The van der Waals surface area contributed by atoms with Crippen LogP contribution in [-0.2, 0) is 11.3 Å². The summed E-state index contributed by atoms with van der Waals surface area (Å²) in [5.41, 5.74) is 1.82. The number of hydrogen-bond acceptors (Lipinski definition) is 5. The number of para-hydroxylation sites is 1. The predicted molar refractivity (Wildman–Crippen MR) is 117 cm³/mol. The van der Waals surface area contributed by atoms with Crippen molar-refractivity contribution in [2.45, 2.75) is 6.54 Å². The summed E-state index contributed by atoms with van der Waals surface area (Å²) in [4.78, 5) is 30.8. The Morgan fingerprint density at radius 3 is 2.47 bits per heavy atom. The van der Waals surface area contributed by atoms with Crippen LogP contribution in [0.15, 0.2) is 86.7 Å². The van der Waals surface area contributed by atoms with E-state index in [2.05, 4.69) is 26.1 Å². The lowest BCUT2D eigenvalue weighted by Crippen LogP contribution is -2.33. The SMILES string of the molecule is CN(C(=O)Cn1cc(-c2nc(-c3ccc(Br)cc3)no2)ccc1=O)c1ccccc1. The minimum absolute atomic E-state index is 0.105. The molecule has 0 bridgehead atoms. The first-order valence-corrected chi connectivity index (χ1v) is 9.93. The molecule has 0 spiro atoms. The fraction of sp³-hybridized carbons (Fsp3) is 0.0909. The molecule has 0 unspecified atom stereocenters. The van der Waals surface area contributed by atoms with E-state index in [1.807, 2.05) is 54.6 Å². The molecule has 150 valence electrons. The van der Waals surface area contributed by atoms with E-state index in [1.54, 1.807) is 19.3 Å². The van der Waals surface area contributed by atoms with Gasteiger partial charge in [-0.25, -0.2) is 0 Å². The number of halogens is 1. The third-order valence-corrected chi connectivity index (χ3v) is 5.11. The largest absolute Gasteiger partial charge is 0.334 e. The van der Waals surface area contributed by atoms with E-state index in [0.29, 0.717) is 11.4 Å². The number of rotatable bonds is 5. The number of hydrogen-bond donors (Lipinski definition) is 0. The molecule has 2 aromatic carbocycles. The smallest absolute Gasteiger partial charge is 0.259 e. The summed E-state index contributed by atoms with van der Waals surface area (Å²) < 4.78 is 7.65. The average Bonchev–Trinajstić information content (AvgIpc) is 3.26. The number of likely N-dealkylation sites (N-methyl/N-ethyl adjacent to an activating group) is 1. The molecule has 0 aliphatic carbocycles. The molecule has 4 aromatic rings. The monoisotopic (exact) mass is 464 g/mol. The van der Waals surface area contributed by atoms with Crippen molar-refractivity contribution in [2.24, 2.45) is 0 Å². The van der Waals surface area contributed by atoms with Gasteiger partial charge < -0.3 is 14.0 Å². The second-order valence-corrected chi connectivity index (χ2v) is 7.52. The molecule has 0 radical (unpaired) electrons. The second kappa shape index (κ2) is 8.46. The van der Waals surface area contributed by atoms with Crippen LogP contribution >= 0.6 is 15.9 Å². The Bertz CT molecular complexity index is 1230. The minimum atomic E-state index is -0.291. The maximum atomic E-state index is 12.6. The van der Waals surface area contributed by atoms with Crippen molar-refractivity contribution in [2.75, 3.05) is 11.9 Å². The Morgan fingerprint density at radius 1 is 1.03 bits per heavy atom. The maximum Gasteiger partial charge on any atom is 0.259 e. The zero-order chi connectivity index (χ0) is 21.1. The number of anilines is 1. The molecular formula is C22H17BrN4O3. The predicted octanol–water partition coefficient (Wildman–Crippen LogP) is 3.99. The van der Waals surface area contributed by atoms with E-state index in [1.165, 1.54) is 15.5 Å². The van der Waals surface area contributed by atoms with Gasteiger partial charge in [0.15, 0.2) is 0 Å². The van der Waals surface area contributed by atoms with Crippen molar-refractivity contribution in [3.63, 3.8) is 0 Å². The van der Waals surface area contributed by atoms with Crippen LogP contribution in [-0.4, -0.2) is 27.7 Å². The van der Waals surface area contributed by atoms with Gasteiger partial charge in [0.25, 0.3) is 11.4 Å². The molecule has 0 atom stereocenters. The van der Waals surface area contributed by atoms with Crippen LogP contribution in [0.5, 0.6) is 0 Å². The third-order valence-electron chi connectivity index (χ3n) is 4.58. The summed E-state index contributed by atoms with van der Waals surface area (Å²) in [6.45, 7) is -0.105. The van der Waals surface area contributed by atoms with Crippen molar-refractivity contribution >= 4 is 27.5 Å². The van der Waals surface area contributed by atoms with Gasteiger partial charge in [0.1, 0.15) is 6.54 Å². The summed E-state index contributed by atoms with van der Waals surface area (Å²) in [5.74, 6) is 0.488. The van der Waals surface area contributed by atoms with Crippen molar-refractivity contribution < 1.29 is 9.32 Å². The summed E-state index contributed by atoms with van der Waals surface area (Å²) in [5, 5.41) is 4.01. The molecule has 0 aliphatic rings. The summed E-state index contributed by atoms with van der Waals surface area (Å²) in [6.07, 6.45) is 1.55. The Hall–Kier alpha value is -3.52. The molecule has 4 rings (SSSR count). The Morgan fingerprint density at radius 2 is 1.73 bits per heavy atom. The fourth-order valence-corrected chi connectivity index (χ4v) is 3.15. The zero-order valence-corrected chi connectivity index (χ0v) is 17.6. The van der Waals surface area contributed by atoms with E-state index < -0.39 is 0 Å². The van der Waals surface area contributed by atoms with Gasteiger partial charge in [-0.1, -0.05) is 39.3 Å². The highest BCUT2D eigenvalue weighted by Crippen LogP contribution is 2.23. The number of nitrogens with zero attached hydrogens (tertiary/aromatic N) is 4. The first-order chi connectivity index (χ1) is 14.5. The average molecular weight is 465 g/mol. The van der Waals surface area contributed by atoms with Gasteiger partial charge in [0.05, 0.1) is 5.56 Å². The molecular weight excluding hydrogens is 448 g/mol. The van der Waals surface area contributed by atoms with Gasteiger partial charge in [-0.05, 0) is 42.5 Å². The van der Waals surface area contributed by atoms with Gasteiger partial charge in [0, 0.05) is 35.0 Å². The van der Waals surface area contributed by atoms with Gasteiger partial charge in [-0.2, -0.15) is 4.98 Å². The van der Waals surface area contributed by atoms with E-state index in [4.69, 9.17) is 4.52 Å². The van der Waals surface area contributed by atoms with E-state index >= 15 is 0 Å². The lowest BCUT2D eigenvalue weighted by atomic mass is 10.2. The van der Waals surface area contributed by atoms with Crippen molar-refractivity contribution in [1.82, 2.24) is 14.7 Å². The molecule has 0 saturated carbocycles. The quantitative estimate of drug-likeness (QED) is 0.445. The first kappa shape index (κ1) is 19.8. The van der Waals surface area contributed by atoms with E-state index in [9.17, 15) is 9.59 Å². The van der Waals surface area contributed by atoms with E-state index in [-0.39, 0.29) is 23.9 Å². The molecule has 0 fully saturated rings. The first-order valence-electron chi connectivity index (χ1n) is 9.13. The topological polar surface area (TPSA) is 81.2 Å². The molecule has 0 aliphatic heterocycles. The third kappa shape index (κ3) is 4.23. The van der Waals surface area contributed by atoms with Crippen molar-refractivity contribution in [3.05, 3.63) is 87.8 Å². The van der Waals surface area contributed by atoms with Crippen LogP contribution < -0.4 is 10.5 Å². The number of carbonyl (C=O) groups excluding carboxylic acids is 1. The van der Waals surface area contributed by atoms with Crippen LogP contribution in [0.3, 0.4) is 0 Å². The Balaban J connectivity index is 1.57. The number of amides is 1. The van der Waals surface area contributed by atoms with Crippen LogP contribution in [0.1, 0.15) is 0 Å². The molecule has 0 saturated heterocycles. The normalized spacial score (nSPS) is 10.7. The highest BCUT2D eigenvalue weighted by Gasteiger charge is 2.15. The Kier molecular flexibility index (Phi) is 5.58. The number of aromatic nitrogens is 3. The number of benzene rings is 2. The number of carbonyl (C=O) groups is 1. The maximum absolute atomic E-state index is 12.6. The molecule has 2 heterocycles. The van der Waals surface area contributed by atoms with Gasteiger partial charge in [-0.3, -0.25) is 9.59 Å². The van der Waals surface area contributed by atoms with Gasteiger partial charge in [-0.15, -0.1) is 0 Å². The van der Waals surface area contributed by atoms with Gasteiger partial charge in [0.2, 0.25) is 11.7 Å². The fourth-order valence-electron chi connectivity index (χ4n) is 2.89.